The van der Waals surface area contributed by atoms with Crippen molar-refractivity contribution in [2.24, 2.45) is 0 Å². The fraction of sp³-hybridized carbons (Fsp3) is 0.333. The van der Waals surface area contributed by atoms with Gasteiger partial charge in [-0.05, 0) is 43.9 Å². The summed E-state index contributed by atoms with van der Waals surface area (Å²) >= 11 is 0. The molecule has 1 aliphatic rings. The van der Waals surface area contributed by atoms with E-state index < -0.39 is 38.6 Å². The summed E-state index contributed by atoms with van der Waals surface area (Å²) in [5, 5.41) is 1.37. The van der Waals surface area contributed by atoms with E-state index in [2.05, 4.69) is 0 Å². The molecule has 3 aromatic carbocycles. The van der Waals surface area contributed by atoms with Gasteiger partial charge in [0.2, 0.25) is 0 Å². The first kappa shape index (κ1) is 21.1. The van der Waals surface area contributed by atoms with Gasteiger partial charge in [-0.2, -0.15) is 13.2 Å². The Labute approximate surface area is 173 Å². The normalized spacial score (nSPS) is 19.0. The molecule has 0 unspecified atom stereocenters. The lowest BCUT2D eigenvalue weighted by molar-refractivity contribution is -0.0434. The zero-order valence-corrected chi connectivity index (χ0v) is 17.7. The first-order valence-corrected chi connectivity index (χ1v) is 10.9. The van der Waals surface area contributed by atoms with Crippen LogP contribution in [0.3, 0.4) is 0 Å². The molecule has 0 radical (unpaired) electrons. The maximum atomic E-state index is 13.7. The van der Waals surface area contributed by atoms with Crippen molar-refractivity contribution < 1.29 is 30.9 Å². The highest BCUT2D eigenvalue weighted by Crippen LogP contribution is 2.41. The van der Waals surface area contributed by atoms with Crippen LogP contribution >= 0.6 is 0 Å². The van der Waals surface area contributed by atoms with Crippen LogP contribution in [0, 0.1) is 0 Å². The predicted molar refractivity (Wildman–Crippen MR) is 110 cm³/mol. The Balaban J connectivity index is 2.20. The van der Waals surface area contributed by atoms with E-state index in [0.717, 1.165) is 0 Å². The summed E-state index contributed by atoms with van der Waals surface area (Å²) in [6, 6.07) is 12.9. The molecule has 1 saturated heterocycles. The molecule has 30 heavy (non-hydrogen) atoms. The number of fused-ring (bicyclic) bond motifs is 3. The highest BCUT2D eigenvalue weighted by Gasteiger charge is 2.56. The van der Waals surface area contributed by atoms with Gasteiger partial charge in [0.1, 0.15) is 0 Å². The third kappa shape index (κ3) is 2.94. The number of alkyl halides is 3. The van der Waals surface area contributed by atoms with Gasteiger partial charge in [0.15, 0.2) is 0 Å². The Morgan fingerprint density at radius 1 is 0.767 bits per heavy atom. The SMILES string of the molecule is CC1(C)OB(c2c(S(=O)(=O)C(F)(F)F)c3ccccc3c3ccccc23)OC1(C)C. The van der Waals surface area contributed by atoms with E-state index in [4.69, 9.17) is 9.31 Å². The average Bonchev–Trinajstić information content (AvgIpc) is 2.86. The van der Waals surface area contributed by atoms with E-state index in [1.807, 2.05) is 0 Å². The van der Waals surface area contributed by atoms with Crippen LogP contribution < -0.4 is 5.46 Å². The molecule has 0 bridgehead atoms. The van der Waals surface area contributed by atoms with Crippen LogP contribution in [0.2, 0.25) is 0 Å². The fourth-order valence-corrected chi connectivity index (χ4v) is 4.93. The Morgan fingerprint density at radius 3 is 1.63 bits per heavy atom. The molecule has 0 spiro atoms. The Morgan fingerprint density at radius 2 is 1.17 bits per heavy atom. The molecule has 0 aliphatic carbocycles. The summed E-state index contributed by atoms with van der Waals surface area (Å²) in [6.45, 7) is 7.03. The van der Waals surface area contributed by atoms with Crippen molar-refractivity contribution >= 4 is 44.0 Å². The van der Waals surface area contributed by atoms with Gasteiger partial charge in [-0.15, -0.1) is 0 Å². The predicted octanol–water partition coefficient (Wildman–Crippen LogP) is 4.59. The topological polar surface area (TPSA) is 52.6 Å². The summed E-state index contributed by atoms with van der Waals surface area (Å²) in [6.07, 6.45) is 0. The van der Waals surface area contributed by atoms with Crippen molar-refractivity contribution in [2.75, 3.05) is 0 Å². The lowest BCUT2D eigenvalue weighted by Crippen LogP contribution is -2.41. The van der Waals surface area contributed by atoms with E-state index in [9.17, 15) is 21.6 Å². The van der Waals surface area contributed by atoms with Gasteiger partial charge in [0.05, 0.1) is 16.1 Å². The maximum Gasteiger partial charge on any atom is 0.501 e. The summed E-state index contributed by atoms with van der Waals surface area (Å²) < 4.78 is 78.8. The molecule has 4 rings (SSSR count). The highest BCUT2D eigenvalue weighted by atomic mass is 32.2. The molecule has 0 N–H and O–H groups in total. The van der Waals surface area contributed by atoms with Crippen molar-refractivity contribution in [3.05, 3.63) is 48.5 Å². The number of halogens is 3. The largest absolute Gasteiger partial charge is 0.501 e. The van der Waals surface area contributed by atoms with Gasteiger partial charge < -0.3 is 9.31 Å². The van der Waals surface area contributed by atoms with Crippen molar-refractivity contribution in [1.29, 1.82) is 0 Å². The van der Waals surface area contributed by atoms with E-state index in [-0.39, 0.29) is 10.8 Å². The van der Waals surface area contributed by atoms with Crippen molar-refractivity contribution in [1.82, 2.24) is 0 Å². The molecule has 0 amide bonds. The second kappa shape index (κ2) is 6.45. The molecule has 0 aromatic heterocycles. The third-order valence-electron chi connectivity index (χ3n) is 5.99. The quantitative estimate of drug-likeness (QED) is 0.436. The summed E-state index contributed by atoms with van der Waals surface area (Å²) in [5.41, 5.74) is -7.32. The number of rotatable bonds is 2. The average molecular weight is 436 g/mol. The Kier molecular flexibility index (Phi) is 4.55. The second-order valence-electron chi connectivity index (χ2n) is 8.37. The molecular formula is C21H20BF3O4S. The molecule has 4 nitrogen and oxygen atoms in total. The third-order valence-corrected chi connectivity index (χ3v) is 7.57. The minimum absolute atomic E-state index is 0.0155. The van der Waals surface area contributed by atoms with Crippen molar-refractivity contribution in [3.8, 4) is 0 Å². The number of sulfone groups is 1. The number of benzene rings is 3. The van der Waals surface area contributed by atoms with Crippen LogP contribution in [0.1, 0.15) is 27.7 Å². The second-order valence-corrected chi connectivity index (χ2v) is 10.2. The smallest absolute Gasteiger partial charge is 0.399 e. The van der Waals surface area contributed by atoms with E-state index in [1.165, 1.54) is 12.1 Å². The molecule has 158 valence electrons. The van der Waals surface area contributed by atoms with Gasteiger partial charge in [-0.25, -0.2) is 8.42 Å². The zero-order valence-electron chi connectivity index (χ0n) is 16.9. The number of hydrogen-bond donors (Lipinski definition) is 0. The standard InChI is InChI=1S/C21H20BF3O4S/c1-19(2)20(3,4)29-22(28-19)17-15-11-7-5-9-13(15)14-10-6-8-12-16(14)18(17)30(26,27)21(23,24)25/h5-12H,1-4H3. The number of hydrogen-bond acceptors (Lipinski definition) is 4. The van der Waals surface area contributed by atoms with Gasteiger partial charge in [0, 0.05) is 10.8 Å². The van der Waals surface area contributed by atoms with Crippen molar-refractivity contribution in [3.63, 3.8) is 0 Å². The first-order valence-electron chi connectivity index (χ1n) is 9.38. The van der Waals surface area contributed by atoms with Crippen LogP contribution in [0.5, 0.6) is 0 Å². The molecule has 3 aromatic rings. The molecule has 9 heteroatoms. The minimum Gasteiger partial charge on any atom is -0.399 e. The lowest BCUT2D eigenvalue weighted by atomic mass is 9.74. The van der Waals surface area contributed by atoms with E-state index >= 15 is 0 Å². The Bertz CT molecular complexity index is 1250. The highest BCUT2D eigenvalue weighted by molar-refractivity contribution is 7.92. The lowest BCUT2D eigenvalue weighted by Gasteiger charge is -2.32. The first-order chi connectivity index (χ1) is 13.8. The van der Waals surface area contributed by atoms with Crippen LogP contribution in [0.4, 0.5) is 13.2 Å². The fourth-order valence-electron chi connectivity index (χ4n) is 3.74. The van der Waals surface area contributed by atoms with Crippen LogP contribution in [0.15, 0.2) is 53.4 Å². The molecule has 1 aliphatic heterocycles. The van der Waals surface area contributed by atoms with Crippen molar-refractivity contribution in [2.45, 2.75) is 49.3 Å². The molecule has 0 saturated carbocycles. The van der Waals surface area contributed by atoms with Gasteiger partial charge in [-0.3, -0.25) is 0 Å². The van der Waals surface area contributed by atoms with Gasteiger partial charge in [-0.1, -0.05) is 48.5 Å². The molecule has 0 atom stereocenters. The van der Waals surface area contributed by atoms with Crippen LogP contribution in [-0.2, 0) is 19.1 Å². The molecule has 1 heterocycles. The summed E-state index contributed by atoms with van der Waals surface area (Å²) in [4.78, 5) is -0.817. The van der Waals surface area contributed by atoms with E-state index in [1.54, 1.807) is 64.1 Å². The summed E-state index contributed by atoms with van der Waals surface area (Å²) in [5.74, 6) is 0. The van der Waals surface area contributed by atoms with Gasteiger partial charge in [0.25, 0.3) is 9.84 Å². The van der Waals surface area contributed by atoms with Gasteiger partial charge >= 0.3 is 12.6 Å². The van der Waals surface area contributed by atoms with Crippen LogP contribution in [-0.4, -0.2) is 32.2 Å². The van der Waals surface area contributed by atoms with Crippen LogP contribution in [0.25, 0.3) is 21.5 Å². The minimum atomic E-state index is -5.70. The zero-order chi connectivity index (χ0) is 22.1. The molecular weight excluding hydrogens is 416 g/mol. The monoisotopic (exact) mass is 436 g/mol. The van der Waals surface area contributed by atoms with E-state index in [0.29, 0.717) is 16.2 Å². The maximum absolute atomic E-state index is 13.7. The summed E-state index contributed by atoms with van der Waals surface area (Å²) in [7, 11) is -6.98. The molecule has 1 fully saturated rings. The Hall–Kier alpha value is -2.10.